The lowest BCUT2D eigenvalue weighted by Crippen LogP contribution is -2.19. The molecule has 6 nitrogen and oxygen atoms in total. The van der Waals surface area contributed by atoms with Crippen LogP contribution in [0.25, 0.3) is 0 Å². The molecule has 2 N–H and O–H groups in total. The zero-order valence-corrected chi connectivity index (χ0v) is 20.3. The third kappa shape index (κ3) is 6.62. The molecule has 1 aromatic heterocycles. The summed E-state index contributed by atoms with van der Waals surface area (Å²) in [7, 11) is 1.56. The molecule has 0 saturated heterocycles. The van der Waals surface area contributed by atoms with Crippen LogP contribution in [0.3, 0.4) is 0 Å². The molecule has 0 radical (unpaired) electrons. The summed E-state index contributed by atoms with van der Waals surface area (Å²) in [5.74, 6) is 0.549. The number of thioether (sulfide) groups is 1. The van der Waals surface area contributed by atoms with Crippen LogP contribution in [0.5, 0.6) is 5.75 Å². The van der Waals surface area contributed by atoms with E-state index >= 15 is 0 Å². The third-order valence-electron chi connectivity index (χ3n) is 5.00. The van der Waals surface area contributed by atoms with Crippen molar-refractivity contribution in [3.05, 3.63) is 113 Å². The lowest BCUT2D eigenvalue weighted by molar-refractivity contribution is -0.115. The molecular weight excluding hydrogens is 482 g/mol. The molecule has 1 heterocycles. The number of hydrogen-bond acceptors (Lipinski definition) is 5. The summed E-state index contributed by atoms with van der Waals surface area (Å²) in [6.07, 6.45) is 1.48. The Morgan fingerprint density at radius 2 is 1.71 bits per heavy atom. The first-order chi connectivity index (χ1) is 17.0. The van der Waals surface area contributed by atoms with Gasteiger partial charge in [0.15, 0.2) is 0 Å². The monoisotopic (exact) mass is 503 g/mol. The van der Waals surface area contributed by atoms with E-state index in [0.29, 0.717) is 27.8 Å². The number of pyridine rings is 1. The summed E-state index contributed by atoms with van der Waals surface area (Å²) in [5.41, 5.74) is 1.95. The minimum atomic E-state index is -0.544. The summed E-state index contributed by atoms with van der Waals surface area (Å²) >= 11 is 7.28. The van der Waals surface area contributed by atoms with Crippen molar-refractivity contribution < 1.29 is 14.3 Å². The van der Waals surface area contributed by atoms with Gasteiger partial charge in [-0.3, -0.25) is 9.59 Å². The Labute approximate surface area is 212 Å². The van der Waals surface area contributed by atoms with Gasteiger partial charge in [-0.05, 0) is 54.1 Å². The number of carbonyl (C=O) groups is 2. The molecule has 0 fully saturated rings. The summed E-state index contributed by atoms with van der Waals surface area (Å²) in [4.78, 5) is 30.9. The van der Waals surface area contributed by atoms with Gasteiger partial charge in [0.2, 0.25) is 5.91 Å². The van der Waals surface area contributed by atoms with Crippen LogP contribution in [0.15, 0.2) is 102 Å². The second-order valence-electron chi connectivity index (χ2n) is 7.47. The number of nitrogens with one attached hydrogen (secondary N) is 2. The predicted octanol–water partition coefficient (Wildman–Crippen LogP) is 6.47. The van der Waals surface area contributed by atoms with Gasteiger partial charge >= 0.3 is 0 Å². The van der Waals surface area contributed by atoms with Gasteiger partial charge in [-0.25, -0.2) is 4.98 Å². The molecule has 0 aliphatic rings. The van der Waals surface area contributed by atoms with Crippen LogP contribution in [0.4, 0.5) is 11.5 Å². The molecule has 0 bridgehead atoms. The first kappa shape index (κ1) is 24.3. The minimum absolute atomic E-state index is 0.221. The van der Waals surface area contributed by atoms with Gasteiger partial charge in [-0.15, -0.1) is 11.8 Å². The molecule has 0 aliphatic heterocycles. The SMILES string of the molecule is COc1cccc(C(=O)Nc2cccc(SC(C(=O)Nc3ccc(Cl)cn3)c3ccccc3)c2)c1. The van der Waals surface area contributed by atoms with E-state index < -0.39 is 5.25 Å². The molecule has 0 aliphatic carbocycles. The average Bonchev–Trinajstić information content (AvgIpc) is 2.89. The van der Waals surface area contributed by atoms with E-state index in [9.17, 15) is 9.59 Å². The standard InChI is InChI=1S/C27H22ClN3O3S/c1-34-22-11-5-9-19(15-22)26(32)30-21-10-6-12-23(16-21)35-25(18-7-3-2-4-8-18)27(33)31-24-14-13-20(28)17-29-24/h2-17,25H,1H3,(H,30,32)(H,29,31,33). The van der Waals surface area contributed by atoms with Gasteiger partial charge in [0.05, 0.1) is 12.1 Å². The molecule has 1 atom stereocenters. The average molecular weight is 504 g/mol. The fourth-order valence-corrected chi connectivity index (χ4v) is 4.49. The molecule has 0 spiro atoms. The van der Waals surface area contributed by atoms with E-state index in [-0.39, 0.29) is 11.8 Å². The van der Waals surface area contributed by atoms with Crippen molar-refractivity contribution >= 4 is 46.7 Å². The number of amides is 2. The van der Waals surface area contributed by atoms with Crippen LogP contribution in [-0.4, -0.2) is 23.9 Å². The van der Waals surface area contributed by atoms with E-state index in [1.165, 1.54) is 18.0 Å². The van der Waals surface area contributed by atoms with E-state index in [0.717, 1.165) is 10.5 Å². The number of nitrogens with zero attached hydrogens (tertiary/aromatic N) is 1. The number of carbonyl (C=O) groups excluding carboxylic acids is 2. The summed E-state index contributed by atoms with van der Waals surface area (Å²) in [6, 6.07) is 27.1. The van der Waals surface area contributed by atoms with Crippen LogP contribution in [0.1, 0.15) is 21.2 Å². The lowest BCUT2D eigenvalue weighted by atomic mass is 10.1. The maximum atomic E-state index is 13.2. The highest BCUT2D eigenvalue weighted by Crippen LogP contribution is 2.37. The van der Waals surface area contributed by atoms with Crippen molar-refractivity contribution in [1.29, 1.82) is 0 Å². The molecular formula is C27H22ClN3O3S. The van der Waals surface area contributed by atoms with Crippen molar-refractivity contribution in [3.8, 4) is 5.75 Å². The number of halogens is 1. The lowest BCUT2D eigenvalue weighted by Gasteiger charge is -2.17. The molecule has 0 saturated carbocycles. The van der Waals surface area contributed by atoms with Crippen LogP contribution >= 0.6 is 23.4 Å². The van der Waals surface area contributed by atoms with Crippen LogP contribution in [0.2, 0.25) is 5.02 Å². The van der Waals surface area contributed by atoms with Gasteiger partial charge in [0, 0.05) is 22.3 Å². The number of hydrogen-bond donors (Lipinski definition) is 2. The smallest absolute Gasteiger partial charge is 0.255 e. The number of methoxy groups -OCH3 is 1. The Kier molecular flexibility index (Phi) is 8.03. The molecule has 1 unspecified atom stereocenters. The van der Waals surface area contributed by atoms with E-state index in [1.54, 1.807) is 49.6 Å². The summed E-state index contributed by atoms with van der Waals surface area (Å²) in [6.45, 7) is 0. The van der Waals surface area contributed by atoms with Crippen LogP contribution in [-0.2, 0) is 4.79 Å². The Morgan fingerprint density at radius 1 is 0.914 bits per heavy atom. The van der Waals surface area contributed by atoms with Gasteiger partial charge in [0.1, 0.15) is 16.8 Å². The quantitative estimate of drug-likeness (QED) is 0.269. The Bertz CT molecular complexity index is 1320. The first-order valence-electron chi connectivity index (χ1n) is 10.7. The zero-order valence-electron chi connectivity index (χ0n) is 18.8. The summed E-state index contributed by atoms with van der Waals surface area (Å²) < 4.78 is 5.20. The molecule has 4 rings (SSSR count). The van der Waals surface area contributed by atoms with Crippen LogP contribution < -0.4 is 15.4 Å². The van der Waals surface area contributed by atoms with Crippen LogP contribution in [0, 0.1) is 0 Å². The molecule has 35 heavy (non-hydrogen) atoms. The number of aromatic nitrogens is 1. The van der Waals surface area contributed by atoms with Crippen molar-refractivity contribution in [2.45, 2.75) is 10.1 Å². The largest absolute Gasteiger partial charge is 0.497 e. The predicted molar refractivity (Wildman–Crippen MR) is 140 cm³/mol. The van der Waals surface area contributed by atoms with Crippen molar-refractivity contribution in [1.82, 2.24) is 4.98 Å². The van der Waals surface area contributed by atoms with Crippen molar-refractivity contribution in [3.63, 3.8) is 0 Å². The van der Waals surface area contributed by atoms with E-state index in [1.807, 2.05) is 48.5 Å². The van der Waals surface area contributed by atoms with E-state index in [2.05, 4.69) is 15.6 Å². The molecule has 8 heteroatoms. The van der Waals surface area contributed by atoms with Crippen molar-refractivity contribution in [2.24, 2.45) is 0 Å². The molecule has 3 aromatic carbocycles. The molecule has 176 valence electrons. The maximum Gasteiger partial charge on any atom is 0.255 e. The number of rotatable bonds is 8. The minimum Gasteiger partial charge on any atom is -0.497 e. The number of ether oxygens (including phenoxy) is 1. The third-order valence-corrected chi connectivity index (χ3v) is 6.47. The topological polar surface area (TPSA) is 80.3 Å². The highest BCUT2D eigenvalue weighted by molar-refractivity contribution is 8.00. The fraction of sp³-hybridized carbons (Fsp3) is 0.0741. The highest BCUT2D eigenvalue weighted by Gasteiger charge is 2.23. The first-order valence-corrected chi connectivity index (χ1v) is 12.0. The second kappa shape index (κ2) is 11.6. The van der Waals surface area contributed by atoms with Crippen molar-refractivity contribution in [2.75, 3.05) is 17.7 Å². The maximum absolute atomic E-state index is 13.2. The Hall–Kier alpha value is -3.81. The second-order valence-corrected chi connectivity index (χ2v) is 9.09. The fourth-order valence-electron chi connectivity index (χ4n) is 3.29. The van der Waals surface area contributed by atoms with Gasteiger partial charge < -0.3 is 15.4 Å². The molecule has 4 aromatic rings. The van der Waals surface area contributed by atoms with Gasteiger partial charge in [0.25, 0.3) is 5.91 Å². The zero-order chi connectivity index (χ0) is 24.6. The Morgan fingerprint density at radius 3 is 2.46 bits per heavy atom. The Balaban J connectivity index is 1.53. The molecule has 2 amide bonds. The van der Waals surface area contributed by atoms with E-state index in [4.69, 9.17) is 16.3 Å². The van der Waals surface area contributed by atoms with Gasteiger partial charge in [-0.2, -0.15) is 0 Å². The number of benzene rings is 3. The highest BCUT2D eigenvalue weighted by atomic mass is 35.5. The number of anilines is 2. The normalized spacial score (nSPS) is 11.4. The summed E-state index contributed by atoms with van der Waals surface area (Å²) in [5, 5.41) is 5.71. The van der Waals surface area contributed by atoms with Gasteiger partial charge in [-0.1, -0.05) is 54.1 Å².